The van der Waals surface area contributed by atoms with Gasteiger partial charge >= 0.3 is 0 Å². The molecule has 2 N–H and O–H groups in total. The lowest BCUT2D eigenvalue weighted by atomic mass is 9.97. The van der Waals surface area contributed by atoms with Gasteiger partial charge in [-0.2, -0.15) is 0 Å². The third-order valence-electron chi connectivity index (χ3n) is 3.39. The number of hydrogen-bond donors (Lipinski definition) is 1. The van der Waals surface area contributed by atoms with E-state index in [1.807, 2.05) is 24.3 Å². The Morgan fingerprint density at radius 3 is 2.63 bits per heavy atom. The monoisotopic (exact) mass is 265 g/mol. The Labute approximate surface area is 113 Å². The van der Waals surface area contributed by atoms with Crippen LogP contribution in [0.5, 0.6) is 0 Å². The summed E-state index contributed by atoms with van der Waals surface area (Å²) in [6, 6.07) is 7.34. The molecule has 0 unspecified atom stereocenters. The minimum absolute atomic E-state index is 0.400. The van der Waals surface area contributed by atoms with Gasteiger partial charge in [-0.05, 0) is 23.1 Å². The molecule has 1 aliphatic rings. The standard InChI is InChI=1S/C15H20FNO2/c1-18-15(14(17)10-16)13-4-2-11(3-5-13)12-6-8-19-9-7-12/h2-6,14-15H,7-10,17H2,1H3/t14-,15-/m1/s1. The minimum Gasteiger partial charge on any atom is -0.377 e. The van der Waals surface area contributed by atoms with E-state index in [1.54, 1.807) is 7.11 Å². The third kappa shape index (κ3) is 3.41. The molecule has 2 atom stereocenters. The molecule has 1 aromatic rings. The van der Waals surface area contributed by atoms with Crippen molar-refractivity contribution in [2.24, 2.45) is 5.73 Å². The van der Waals surface area contributed by atoms with Crippen LogP contribution in [0, 0.1) is 0 Å². The molecule has 104 valence electrons. The van der Waals surface area contributed by atoms with Gasteiger partial charge in [0, 0.05) is 7.11 Å². The number of halogens is 1. The van der Waals surface area contributed by atoms with Crippen molar-refractivity contribution in [2.75, 3.05) is 27.0 Å². The van der Waals surface area contributed by atoms with Crippen molar-refractivity contribution >= 4 is 5.57 Å². The molecule has 4 heteroatoms. The van der Waals surface area contributed by atoms with Crippen molar-refractivity contribution < 1.29 is 13.9 Å². The molecule has 0 spiro atoms. The normalized spacial score (nSPS) is 18.8. The van der Waals surface area contributed by atoms with Crippen LogP contribution in [0.25, 0.3) is 5.57 Å². The molecule has 2 rings (SSSR count). The van der Waals surface area contributed by atoms with Crippen molar-refractivity contribution in [3.63, 3.8) is 0 Å². The Balaban J connectivity index is 2.15. The molecule has 0 radical (unpaired) electrons. The predicted molar refractivity (Wildman–Crippen MR) is 73.6 cm³/mol. The highest BCUT2D eigenvalue weighted by Crippen LogP contribution is 2.25. The second kappa shape index (κ2) is 6.80. The van der Waals surface area contributed by atoms with E-state index in [4.69, 9.17) is 15.2 Å². The Hall–Kier alpha value is -1.23. The molecule has 0 aliphatic carbocycles. The Morgan fingerprint density at radius 1 is 1.37 bits per heavy atom. The number of rotatable bonds is 5. The van der Waals surface area contributed by atoms with Gasteiger partial charge in [0.15, 0.2) is 0 Å². The van der Waals surface area contributed by atoms with E-state index in [0.717, 1.165) is 18.6 Å². The molecule has 0 aromatic heterocycles. The molecular weight excluding hydrogens is 245 g/mol. The van der Waals surface area contributed by atoms with Crippen LogP contribution in [0.2, 0.25) is 0 Å². The molecule has 1 heterocycles. The molecule has 1 aromatic carbocycles. The fourth-order valence-corrected chi connectivity index (χ4v) is 2.32. The summed E-state index contributed by atoms with van der Waals surface area (Å²) in [7, 11) is 1.55. The van der Waals surface area contributed by atoms with E-state index in [9.17, 15) is 4.39 Å². The van der Waals surface area contributed by atoms with Crippen LogP contribution in [-0.2, 0) is 9.47 Å². The molecule has 0 saturated heterocycles. The van der Waals surface area contributed by atoms with Crippen molar-refractivity contribution in [2.45, 2.75) is 18.6 Å². The zero-order valence-corrected chi connectivity index (χ0v) is 11.1. The quantitative estimate of drug-likeness (QED) is 0.889. The van der Waals surface area contributed by atoms with Crippen LogP contribution in [0.4, 0.5) is 4.39 Å². The largest absolute Gasteiger partial charge is 0.377 e. The van der Waals surface area contributed by atoms with Crippen molar-refractivity contribution in [1.29, 1.82) is 0 Å². The van der Waals surface area contributed by atoms with E-state index in [2.05, 4.69) is 6.08 Å². The molecule has 1 aliphatic heterocycles. The number of methoxy groups -OCH3 is 1. The molecular formula is C15H20FNO2. The summed E-state index contributed by atoms with van der Waals surface area (Å²) in [6.45, 7) is 0.842. The minimum atomic E-state index is -0.627. The Bertz CT molecular complexity index is 430. The number of nitrogens with two attached hydrogens (primary N) is 1. The maximum absolute atomic E-state index is 12.7. The Morgan fingerprint density at radius 2 is 2.11 bits per heavy atom. The maximum Gasteiger partial charge on any atom is 0.107 e. The van der Waals surface area contributed by atoms with Gasteiger partial charge in [0.05, 0.1) is 25.4 Å². The summed E-state index contributed by atoms with van der Waals surface area (Å²) in [4.78, 5) is 0. The average Bonchev–Trinajstić information content (AvgIpc) is 2.49. The van der Waals surface area contributed by atoms with E-state index < -0.39 is 18.8 Å². The Kier molecular flexibility index (Phi) is 5.07. The zero-order valence-electron chi connectivity index (χ0n) is 11.1. The van der Waals surface area contributed by atoms with E-state index >= 15 is 0 Å². The van der Waals surface area contributed by atoms with E-state index in [-0.39, 0.29) is 0 Å². The number of alkyl halides is 1. The fourth-order valence-electron chi connectivity index (χ4n) is 2.32. The highest BCUT2D eigenvalue weighted by atomic mass is 19.1. The first-order chi connectivity index (χ1) is 9.26. The maximum atomic E-state index is 12.7. The van der Waals surface area contributed by atoms with Crippen LogP contribution < -0.4 is 5.73 Å². The highest BCUT2D eigenvalue weighted by Gasteiger charge is 2.19. The van der Waals surface area contributed by atoms with Gasteiger partial charge in [-0.25, -0.2) is 4.39 Å². The summed E-state index contributed by atoms with van der Waals surface area (Å²) >= 11 is 0. The van der Waals surface area contributed by atoms with Gasteiger partial charge in [0.25, 0.3) is 0 Å². The van der Waals surface area contributed by atoms with E-state index in [1.165, 1.54) is 11.1 Å². The summed E-state index contributed by atoms with van der Waals surface area (Å²) < 4.78 is 23.2. The van der Waals surface area contributed by atoms with Gasteiger partial charge < -0.3 is 15.2 Å². The molecule has 0 bridgehead atoms. The first-order valence-electron chi connectivity index (χ1n) is 6.47. The zero-order chi connectivity index (χ0) is 13.7. The molecule has 3 nitrogen and oxygen atoms in total. The first-order valence-corrected chi connectivity index (χ1v) is 6.47. The SMILES string of the molecule is CO[C@H](c1ccc(C2=CCOCC2)cc1)[C@H](N)CF. The summed E-state index contributed by atoms with van der Waals surface area (Å²) in [5.41, 5.74) is 9.09. The highest BCUT2D eigenvalue weighted by molar-refractivity contribution is 5.66. The molecule has 19 heavy (non-hydrogen) atoms. The van der Waals surface area contributed by atoms with Gasteiger partial charge in [-0.3, -0.25) is 0 Å². The lowest BCUT2D eigenvalue weighted by Gasteiger charge is -2.21. The van der Waals surface area contributed by atoms with Crippen molar-refractivity contribution in [3.8, 4) is 0 Å². The molecule has 0 fully saturated rings. The second-order valence-corrected chi connectivity index (χ2v) is 4.65. The second-order valence-electron chi connectivity index (χ2n) is 4.65. The number of hydrogen-bond acceptors (Lipinski definition) is 3. The summed E-state index contributed by atoms with van der Waals surface area (Å²) in [5, 5.41) is 0. The van der Waals surface area contributed by atoms with Crippen LogP contribution in [-0.4, -0.2) is 33.0 Å². The van der Waals surface area contributed by atoms with E-state index in [0.29, 0.717) is 6.61 Å². The number of ether oxygens (including phenoxy) is 2. The van der Waals surface area contributed by atoms with Crippen LogP contribution in [0.3, 0.4) is 0 Å². The first kappa shape index (κ1) is 14.2. The third-order valence-corrected chi connectivity index (χ3v) is 3.39. The molecule has 0 amide bonds. The van der Waals surface area contributed by atoms with Crippen molar-refractivity contribution in [3.05, 3.63) is 41.5 Å². The smallest absolute Gasteiger partial charge is 0.107 e. The predicted octanol–water partition coefficient (Wildman–Crippen LogP) is 2.47. The van der Waals surface area contributed by atoms with Crippen LogP contribution >= 0.6 is 0 Å². The van der Waals surface area contributed by atoms with Gasteiger partial charge in [0.2, 0.25) is 0 Å². The van der Waals surface area contributed by atoms with Crippen LogP contribution in [0.1, 0.15) is 23.7 Å². The lowest BCUT2D eigenvalue weighted by molar-refractivity contribution is 0.0721. The summed E-state index contributed by atoms with van der Waals surface area (Å²) in [5.74, 6) is 0. The van der Waals surface area contributed by atoms with Crippen LogP contribution in [0.15, 0.2) is 30.3 Å². The summed E-state index contributed by atoms with van der Waals surface area (Å²) in [6.07, 6.45) is 2.62. The van der Waals surface area contributed by atoms with Gasteiger partial charge in [-0.15, -0.1) is 0 Å². The topological polar surface area (TPSA) is 44.5 Å². The number of benzene rings is 1. The molecule has 0 saturated carbocycles. The fraction of sp³-hybridized carbons (Fsp3) is 0.467. The van der Waals surface area contributed by atoms with Gasteiger partial charge in [-0.1, -0.05) is 30.3 Å². The van der Waals surface area contributed by atoms with Crippen molar-refractivity contribution in [1.82, 2.24) is 0 Å². The lowest BCUT2D eigenvalue weighted by Crippen LogP contribution is -2.31. The average molecular weight is 265 g/mol. The van der Waals surface area contributed by atoms with Gasteiger partial charge in [0.1, 0.15) is 6.67 Å².